The molecule has 1 heterocycles. The molecule has 0 aromatic rings. The van der Waals surface area contributed by atoms with Crippen LogP contribution < -0.4 is 10.0 Å². The molecule has 0 radical (unpaired) electrons. The Balaban J connectivity index is 1.88. The molecule has 2 atom stereocenters. The number of hydrogen-bond donors (Lipinski definition) is 2. The first-order chi connectivity index (χ1) is 9.87. The number of carbonyl (C=O) groups excluding carboxylic acids is 1. The van der Waals surface area contributed by atoms with Crippen LogP contribution in [0.4, 0.5) is 0 Å². The van der Waals surface area contributed by atoms with E-state index in [-0.39, 0.29) is 17.9 Å². The van der Waals surface area contributed by atoms with Crippen LogP contribution in [0.15, 0.2) is 11.3 Å². The largest absolute Gasteiger partial charge is 0.498 e. The van der Waals surface area contributed by atoms with Crippen LogP contribution in [0.2, 0.25) is 0 Å². The molecule has 0 spiro atoms. The number of rotatable bonds is 5. The van der Waals surface area contributed by atoms with Crippen LogP contribution >= 0.6 is 0 Å². The van der Waals surface area contributed by atoms with Gasteiger partial charge in [0.25, 0.3) is 5.91 Å². The van der Waals surface area contributed by atoms with Gasteiger partial charge in [-0.3, -0.25) is 4.79 Å². The number of sulfonamides is 1. The highest BCUT2D eigenvalue weighted by Crippen LogP contribution is 2.26. The van der Waals surface area contributed by atoms with E-state index in [1.807, 2.05) is 6.92 Å². The maximum Gasteiger partial charge on any atom is 0.250 e. The minimum Gasteiger partial charge on any atom is -0.498 e. The second-order valence-corrected chi connectivity index (χ2v) is 7.66. The van der Waals surface area contributed by atoms with Crippen molar-refractivity contribution in [1.82, 2.24) is 10.0 Å². The lowest BCUT2D eigenvalue weighted by molar-refractivity contribution is -0.118. The topological polar surface area (TPSA) is 84.5 Å². The van der Waals surface area contributed by atoms with Gasteiger partial charge in [-0.1, -0.05) is 6.42 Å². The molecule has 0 bridgehead atoms. The third kappa shape index (κ3) is 4.71. The van der Waals surface area contributed by atoms with Gasteiger partial charge in [0.2, 0.25) is 10.0 Å². The summed E-state index contributed by atoms with van der Waals surface area (Å²) in [6.45, 7) is 2.99. The van der Waals surface area contributed by atoms with Crippen molar-refractivity contribution in [1.29, 1.82) is 0 Å². The quantitative estimate of drug-likeness (QED) is 0.789. The van der Waals surface area contributed by atoms with E-state index in [0.29, 0.717) is 24.5 Å². The lowest BCUT2D eigenvalue weighted by atomic mass is 10.0. The number of amides is 1. The van der Waals surface area contributed by atoms with Gasteiger partial charge in [0, 0.05) is 12.6 Å². The molecule has 120 valence electrons. The fourth-order valence-electron chi connectivity index (χ4n) is 3.05. The molecular weight excluding hydrogens is 292 g/mol. The van der Waals surface area contributed by atoms with Crippen molar-refractivity contribution in [2.24, 2.45) is 5.92 Å². The molecule has 7 heteroatoms. The highest BCUT2D eigenvalue weighted by molar-refractivity contribution is 7.88. The summed E-state index contributed by atoms with van der Waals surface area (Å²) >= 11 is 0. The van der Waals surface area contributed by atoms with E-state index < -0.39 is 10.0 Å². The van der Waals surface area contributed by atoms with Gasteiger partial charge in [-0.25, -0.2) is 13.1 Å². The summed E-state index contributed by atoms with van der Waals surface area (Å²) in [5, 5.41) is 2.93. The summed E-state index contributed by atoms with van der Waals surface area (Å²) in [6.07, 6.45) is 5.53. The molecular formula is C14H24N2O4S. The number of ether oxygens (including phenoxy) is 1. The van der Waals surface area contributed by atoms with Gasteiger partial charge in [0.05, 0.1) is 18.4 Å². The average Bonchev–Trinajstić information content (AvgIpc) is 2.81. The van der Waals surface area contributed by atoms with Gasteiger partial charge in [-0.2, -0.15) is 0 Å². The van der Waals surface area contributed by atoms with Crippen LogP contribution in [0.1, 0.15) is 39.0 Å². The Morgan fingerprint density at radius 1 is 1.33 bits per heavy atom. The summed E-state index contributed by atoms with van der Waals surface area (Å²) in [6, 6.07) is -0.0713. The van der Waals surface area contributed by atoms with Gasteiger partial charge in [-0.15, -0.1) is 0 Å². The number of carbonyl (C=O) groups is 1. The van der Waals surface area contributed by atoms with Gasteiger partial charge in [0.1, 0.15) is 5.76 Å². The molecule has 1 amide bonds. The van der Waals surface area contributed by atoms with Crippen LogP contribution in [-0.4, -0.2) is 39.8 Å². The number of hydrogen-bond acceptors (Lipinski definition) is 4. The molecule has 1 fully saturated rings. The monoisotopic (exact) mass is 316 g/mol. The van der Waals surface area contributed by atoms with Crippen molar-refractivity contribution >= 4 is 15.9 Å². The van der Waals surface area contributed by atoms with Crippen molar-refractivity contribution < 1.29 is 17.9 Å². The smallest absolute Gasteiger partial charge is 0.250 e. The average molecular weight is 316 g/mol. The lowest BCUT2D eigenvalue weighted by Crippen LogP contribution is -2.42. The fraction of sp³-hybridized carbons (Fsp3) is 0.786. The Morgan fingerprint density at radius 2 is 2.10 bits per heavy atom. The minimum atomic E-state index is -3.20. The maximum absolute atomic E-state index is 12.2. The first kappa shape index (κ1) is 16.3. The molecule has 0 unspecified atom stereocenters. The molecule has 2 N–H and O–H groups in total. The van der Waals surface area contributed by atoms with E-state index in [4.69, 9.17) is 4.74 Å². The second-order valence-electron chi connectivity index (χ2n) is 5.88. The van der Waals surface area contributed by atoms with E-state index in [2.05, 4.69) is 10.0 Å². The third-order valence-corrected chi connectivity index (χ3v) is 4.87. The van der Waals surface area contributed by atoms with Crippen LogP contribution in [0.25, 0.3) is 0 Å². The van der Waals surface area contributed by atoms with E-state index >= 15 is 0 Å². The maximum atomic E-state index is 12.2. The Bertz CT molecular complexity index is 527. The van der Waals surface area contributed by atoms with E-state index in [1.165, 1.54) is 6.26 Å². The van der Waals surface area contributed by atoms with Crippen LogP contribution in [0.5, 0.6) is 0 Å². The predicted molar refractivity (Wildman–Crippen MR) is 80.0 cm³/mol. The zero-order valence-corrected chi connectivity index (χ0v) is 13.5. The van der Waals surface area contributed by atoms with Crippen molar-refractivity contribution in [2.75, 3.05) is 19.4 Å². The fourth-order valence-corrected chi connectivity index (χ4v) is 3.91. The summed E-state index contributed by atoms with van der Waals surface area (Å²) in [5.41, 5.74) is 0.715. The van der Waals surface area contributed by atoms with Crippen molar-refractivity contribution in [3.63, 3.8) is 0 Å². The molecule has 1 saturated carbocycles. The first-order valence-electron chi connectivity index (χ1n) is 7.45. The van der Waals surface area contributed by atoms with Crippen molar-refractivity contribution in [2.45, 2.75) is 45.1 Å². The first-order valence-corrected chi connectivity index (χ1v) is 9.34. The van der Waals surface area contributed by atoms with E-state index in [1.54, 1.807) is 0 Å². The summed E-state index contributed by atoms with van der Waals surface area (Å²) < 4.78 is 30.7. The van der Waals surface area contributed by atoms with Crippen molar-refractivity contribution in [3.8, 4) is 0 Å². The van der Waals surface area contributed by atoms with Gasteiger partial charge >= 0.3 is 0 Å². The Morgan fingerprint density at radius 3 is 2.76 bits per heavy atom. The zero-order valence-electron chi connectivity index (χ0n) is 12.6. The minimum absolute atomic E-state index is 0.0713. The van der Waals surface area contributed by atoms with E-state index in [0.717, 1.165) is 32.1 Å². The van der Waals surface area contributed by atoms with Crippen LogP contribution in [0, 0.1) is 5.92 Å². The van der Waals surface area contributed by atoms with Crippen molar-refractivity contribution in [3.05, 3.63) is 11.3 Å². The Hall–Kier alpha value is -1.08. The Kier molecular flexibility index (Phi) is 5.27. The van der Waals surface area contributed by atoms with Gasteiger partial charge in [-0.05, 0) is 38.5 Å². The molecule has 0 saturated heterocycles. The highest BCUT2D eigenvalue weighted by Gasteiger charge is 2.30. The SMILES string of the molecule is CC1=C(C(=O)NC[C@@H]2CCC[C@H]2NS(C)(=O)=O)CCCO1. The second kappa shape index (κ2) is 6.79. The van der Waals surface area contributed by atoms with Gasteiger partial charge in [0.15, 0.2) is 0 Å². The van der Waals surface area contributed by atoms with Gasteiger partial charge < -0.3 is 10.1 Å². The van der Waals surface area contributed by atoms with Crippen LogP contribution in [0.3, 0.4) is 0 Å². The molecule has 21 heavy (non-hydrogen) atoms. The molecule has 0 aromatic heterocycles. The molecule has 2 rings (SSSR count). The lowest BCUT2D eigenvalue weighted by Gasteiger charge is -2.22. The van der Waals surface area contributed by atoms with Crippen LogP contribution in [-0.2, 0) is 19.6 Å². The van der Waals surface area contributed by atoms with E-state index in [9.17, 15) is 13.2 Å². The zero-order chi connectivity index (χ0) is 15.5. The molecule has 1 aliphatic heterocycles. The summed E-state index contributed by atoms with van der Waals surface area (Å²) in [5.74, 6) is 0.780. The number of allylic oxidation sites excluding steroid dienone is 1. The molecule has 1 aliphatic carbocycles. The predicted octanol–water partition coefficient (Wildman–Crippen LogP) is 0.905. The highest BCUT2D eigenvalue weighted by atomic mass is 32.2. The third-order valence-electron chi connectivity index (χ3n) is 4.14. The molecule has 6 nitrogen and oxygen atoms in total. The molecule has 2 aliphatic rings. The summed E-state index contributed by atoms with van der Waals surface area (Å²) in [4.78, 5) is 12.2. The Labute approximate surface area is 126 Å². The summed E-state index contributed by atoms with van der Waals surface area (Å²) in [7, 11) is -3.20. The number of nitrogens with one attached hydrogen (secondary N) is 2. The molecule has 0 aromatic carbocycles. The standard InChI is InChI=1S/C14H24N2O4S/c1-10-12(6-4-8-20-10)14(17)15-9-11-5-3-7-13(11)16-21(2,18)19/h11,13,16H,3-9H2,1-2H3,(H,15,17)/t11-,13+/m0/s1. The normalized spacial score (nSPS) is 26.6.